The number of hydrogen-bond acceptors (Lipinski definition) is 1. The van der Waals surface area contributed by atoms with Crippen LogP contribution < -0.4 is 0 Å². The summed E-state index contributed by atoms with van der Waals surface area (Å²) in [7, 11) is 0. The lowest BCUT2D eigenvalue weighted by Gasteiger charge is -2.26. The van der Waals surface area contributed by atoms with E-state index < -0.39 is 0 Å². The Morgan fingerprint density at radius 3 is 2.18 bits per heavy atom. The van der Waals surface area contributed by atoms with E-state index in [9.17, 15) is 0 Å². The number of pyridine rings is 1. The molecule has 1 aliphatic rings. The summed E-state index contributed by atoms with van der Waals surface area (Å²) in [4.78, 5) is 4.64. The maximum absolute atomic E-state index is 4.64. The standard InChI is InChI=1S/C16H25N/c1-12-5-7-13(8-6-12)14-9-10-15(17-11-14)16(2,3)4/h9-13H,5-8H2,1-4H3. The van der Waals surface area contributed by atoms with Crippen LogP contribution in [-0.2, 0) is 5.41 Å². The van der Waals surface area contributed by atoms with Crippen LogP contribution in [0.1, 0.15) is 70.6 Å². The molecule has 0 unspecified atom stereocenters. The van der Waals surface area contributed by atoms with Crippen molar-refractivity contribution in [3.05, 3.63) is 29.6 Å². The molecule has 2 rings (SSSR count). The fourth-order valence-electron chi connectivity index (χ4n) is 2.68. The molecule has 1 heterocycles. The van der Waals surface area contributed by atoms with Crippen LogP contribution in [0.15, 0.2) is 18.3 Å². The van der Waals surface area contributed by atoms with Crippen molar-refractivity contribution in [3.63, 3.8) is 0 Å². The van der Waals surface area contributed by atoms with Crippen molar-refractivity contribution in [1.29, 1.82) is 0 Å². The average molecular weight is 231 g/mol. The van der Waals surface area contributed by atoms with Gasteiger partial charge in [-0.2, -0.15) is 0 Å². The first kappa shape index (κ1) is 12.6. The summed E-state index contributed by atoms with van der Waals surface area (Å²) < 4.78 is 0. The lowest BCUT2D eigenvalue weighted by Crippen LogP contribution is -2.15. The molecule has 1 aliphatic carbocycles. The molecule has 0 atom stereocenters. The van der Waals surface area contributed by atoms with Gasteiger partial charge in [-0.25, -0.2) is 0 Å². The molecule has 0 aromatic carbocycles. The third-order valence-corrected chi connectivity index (χ3v) is 4.04. The smallest absolute Gasteiger partial charge is 0.0457 e. The first-order chi connectivity index (χ1) is 7.97. The van der Waals surface area contributed by atoms with Crippen molar-refractivity contribution < 1.29 is 0 Å². The fraction of sp³-hybridized carbons (Fsp3) is 0.688. The molecule has 0 amide bonds. The predicted octanol–water partition coefficient (Wildman–Crippen LogP) is 4.67. The Balaban J connectivity index is 2.08. The van der Waals surface area contributed by atoms with Crippen LogP contribution in [-0.4, -0.2) is 4.98 Å². The third-order valence-electron chi connectivity index (χ3n) is 4.04. The van der Waals surface area contributed by atoms with E-state index in [1.807, 2.05) is 0 Å². The van der Waals surface area contributed by atoms with Gasteiger partial charge in [0.25, 0.3) is 0 Å². The summed E-state index contributed by atoms with van der Waals surface area (Å²) in [5.41, 5.74) is 2.81. The van der Waals surface area contributed by atoms with Gasteiger partial charge in [0.2, 0.25) is 0 Å². The zero-order valence-electron chi connectivity index (χ0n) is 11.7. The summed E-state index contributed by atoms with van der Waals surface area (Å²) in [6.45, 7) is 9.03. The quantitative estimate of drug-likeness (QED) is 0.684. The van der Waals surface area contributed by atoms with E-state index in [1.165, 1.54) is 36.9 Å². The highest BCUT2D eigenvalue weighted by Crippen LogP contribution is 2.35. The highest BCUT2D eigenvalue weighted by Gasteiger charge is 2.21. The Bertz CT molecular complexity index is 350. The Morgan fingerprint density at radius 1 is 1.06 bits per heavy atom. The molecule has 0 radical (unpaired) electrons. The van der Waals surface area contributed by atoms with E-state index in [2.05, 4.69) is 51.0 Å². The van der Waals surface area contributed by atoms with Crippen molar-refractivity contribution in [2.45, 2.75) is 64.7 Å². The molecule has 0 bridgehead atoms. The van der Waals surface area contributed by atoms with E-state index in [0.29, 0.717) is 0 Å². The van der Waals surface area contributed by atoms with E-state index in [0.717, 1.165) is 11.8 Å². The van der Waals surface area contributed by atoms with Gasteiger partial charge in [0.15, 0.2) is 0 Å². The van der Waals surface area contributed by atoms with E-state index in [-0.39, 0.29) is 5.41 Å². The third kappa shape index (κ3) is 3.08. The van der Waals surface area contributed by atoms with E-state index in [4.69, 9.17) is 0 Å². The van der Waals surface area contributed by atoms with Gasteiger partial charge in [-0.1, -0.05) is 46.6 Å². The second-order valence-electron chi connectivity index (χ2n) is 6.68. The average Bonchev–Trinajstić information content (AvgIpc) is 2.29. The molecule has 0 aliphatic heterocycles. The van der Waals surface area contributed by atoms with Crippen LogP contribution >= 0.6 is 0 Å². The minimum atomic E-state index is 0.166. The van der Waals surface area contributed by atoms with Crippen molar-refractivity contribution in [2.24, 2.45) is 5.92 Å². The SMILES string of the molecule is CC1CCC(c2ccc(C(C)(C)C)nc2)CC1. The summed E-state index contributed by atoms with van der Waals surface area (Å²) in [6, 6.07) is 4.52. The van der Waals surface area contributed by atoms with Crippen LogP contribution in [0.2, 0.25) is 0 Å². The van der Waals surface area contributed by atoms with Gasteiger partial charge in [0.05, 0.1) is 0 Å². The summed E-state index contributed by atoms with van der Waals surface area (Å²) in [5, 5.41) is 0. The summed E-state index contributed by atoms with van der Waals surface area (Å²) in [6.07, 6.45) is 7.56. The number of rotatable bonds is 1. The summed E-state index contributed by atoms with van der Waals surface area (Å²) >= 11 is 0. The molecule has 0 N–H and O–H groups in total. The zero-order chi connectivity index (χ0) is 12.5. The Labute approximate surface area is 106 Å². The number of aromatic nitrogens is 1. The predicted molar refractivity (Wildman–Crippen MR) is 73.3 cm³/mol. The molecule has 0 saturated heterocycles. The molecular weight excluding hydrogens is 206 g/mol. The first-order valence-electron chi connectivity index (χ1n) is 6.93. The largest absolute Gasteiger partial charge is 0.260 e. The maximum atomic E-state index is 4.64. The molecule has 1 aromatic rings. The Morgan fingerprint density at radius 2 is 1.71 bits per heavy atom. The van der Waals surface area contributed by atoms with Gasteiger partial charge in [0.1, 0.15) is 0 Å². The lowest BCUT2D eigenvalue weighted by atomic mass is 9.79. The highest BCUT2D eigenvalue weighted by molar-refractivity contribution is 5.22. The van der Waals surface area contributed by atoms with Crippen molar-refractivity contribution in [3.8, 4) is 0 Å². The van der Waals surface area contributed by atoms with E-state index in [1.54, 1.807) is 0 Å². The molecule has 94 valence electrons. The Kier molecular flexibility index (Phi) is 3.56. The van der Waals surface area contributed by atoms with Gasteiger partial charge >= 0.3 is 0 Å². The fourth-order valence-corrected chi connectivity index (χ4v) is 2.68. The number of hydrogen-bond donors (Lipinski definition) is 0. The van der Waals surface area contributed by atoms with Gasteiger partial charge < -0.3 is 0 Å². The molecule has 17 heavy (non-hydrogen) atoms. The normalized spacial score (nSPS) is 25.9. The molecule has 1 fully saturated rings. The number of nitrogens with zero attached hydrogens (tertiary/aromatic N) is 1. The van der Waals surface area contributed by atoms with Gasteiger partial charge in [-0.05, 0) is 36.3 Å². The highest BCUT2D eigenvalue weighted by atomic mass is 14.7. The first-order valence-corrected chi connectivity index (χ1v) is 6.93. The Hall–Kier alpha value is -0.850. The topological polar surface area (TPSA) is 12.9 Å². The second-order valence-corrected chi connectivity index (χ2v) is 6.68. The van der Waals surface area contributed by atoms with Crippen LogP contribution in [0.5, 0.6) is 0 Å². The lowest BCUT2D eigenvalue weighted by molar-refractivity contribution is 0.347. The summed E-state index contributed by atoms with van der Waals surface area (Å²) in [5.74, 6) is 1.68. The zero-order valence-corrected chi connectivity index (χ0v) is 11.7. The molecule has 1 heteroatoms. The minimum Gasteiger partial charge on any atom is -0.260 e. The van der Waals surface area contributed by atoms with Crippen LogP contribution in [0.25, 0.3) is 0 Å². The monoisotopic (exact) mass is 231 g/mol. The van der Waals surface area contributed by atoms with Crippen molar-refractivity contribution in [1.82, 2.24) is 4.98 Å². The molecular formula is C16H25N. The van der Waals surface area contributed by atoms with Gasteiger partial charge in [-0.15, -0.1) is 0 Å². The van der Waals surface area contributed by atoms with Crippen LogP contribution in [0.4, 0.5) is 0 Å². The van der Waals surface area contributed by atoms with Gasteiger partial charge in [-0.3, -0.25) is 4.98 Å². The van der Waals surface area contributed by atoms with Crippen molar-refractivity contribution >= 4 is 0 Å². The van der Waals surface area contributed by atoms with Crippen LogP contribution in [0.3, 0.4) is 0 Å². The molecule has 1 saturated carbocycles. The second kappa shape index (κ2) is 4.80. The van der Waals surface area contributed by atoms with Crippen LogP contribution in [0, 0.1) is 5.92 Å². The molecule has 0 spiro atoms. The maximum Gasteiger partial charge on any atom is 0.0457 e. The molecule has 1 nitrogen and oxygen atoms in total. The van der Waals surface area contributed by atoms with Gasteiger partial charge in [0, 0.05) is 17.3 Å². The minimum absolute atomic E-state index is 0.166. The van der Waals surface area contributed by atoms with Crippen molar-refractivity contribution in [2.75, 3.05) is 0 Å². The van der Waals surface area contributed by atoms with E-state index >= 15 is 0 Å². The molecule has 1 aromatic heterocycles.